The Balaban J connectivity index is 1.54. The molecule has 0 unspecified atom stereocenters. The van der Waals surface area contributed by atoms with E-state index in [1.54, 1.807) is 7.11 Å². The van der Waals surface area contributed by atoms with Crippen molar-refractivity contribution in [1.82, 2.24) is 10.2 Å². The molecule has 0 saturated heterocycles. The molecule has 0 fully saturated rings. The number of rotatable bonds is 8. The van der Waals surface area contributed by atoms with Crippen molar-refractivity contribution in [2.75, 3.05) is 23.5 Å². The minimum atomic E-state index is -0.113. The number of amides is 1. The van der Waals surface area contributed by atoms with Gasteiger partial charge in [-0.1, -0.05) is 80.3 Å². The number of carbonyl (C=O) groups excluding carboxylic acids is 1. The van der Waals surface area contributed by atoms with Gasteiger partial charge in [0.2, 0.25) is 11.0 Å². The van der Waals surface area contributed by atoms with E-state index in [4.69, 9.17) is 4.74 Å². The van der Waals surface area contributed by atoms with Crippen molar-refractivity contribution < 1.29 is 9.53 Å². The summed E-state index contributed by atoms with van der Waals surface area (Å²) in [6.07, 6.45) is 0. The molecule has 0 bridgehead atoms. The minimum Gasteiger partial charge on any atom is -0.495 e. The number of ether oxygens (including phenoxy) is 1. The van der Waals surface area contributed by atoms with Crippen LogP contribution in [0, 0.1) is 0 Å². The molecule has 0 radical (unpaired) electrons. The van der Waals surface area contributed by atoms with Crippen LogP contribution in [-0.4, -0.2) is 29.0 Å². The summed E-state index contributed by atoms with van der Waals surface area (Å²) in [6.45, 7) is 7.09. The largest absolute Gasteiger partial charge is 0.495 e. The molecule has 1 heterocycles. The lowest BCUT2D eigenvalue weighted by molar-refractivity contribution is -0.113. The first-order valence-corrected chi connectivity index (χ1v) is 11.4. The standard InChI is InChI=1S/C22H26N4O2S2/c1-22(2,3)16-10-11-18(28-4)17(12-16)24-19(27)14-29-21-26-25-20(30-21)23-13-15-8-6-5-7-9-15/h5-12H,13-14H2,1-4H3,(H,23,25)(H,24,27). The van der Waals surface area contributed by atoms with Gasteiger partial charge in [0.1, 0.15) is 5.75 Å². The van der Waals surface area contributed by atoms with E-state index in [2.05, 4.69) is 53.7 Å². The highest BCUT2D eigenvalue weighted by Crippen LogP contribution is 2.32. The van der Waals surface area contributed by atoms with Crippen molar-refractivity contribution in [2.24, 2.45) is 0 Å². The predicted octanol–water partition coefficient (Wildman–Crippen LogP) is 5.19. The molecule has 158 valence electrons. The zero-order chi connectivity index (χ0) is 21.6. The summed E-state index contributed by atoms with van der Waals surface area (Å²) in [5.74, 6) is 0.777. The summed E-state index contributed by atoms with van der Waals surface area (Å²) in [4.78, 5) is 12.5. The number of anilines is 2. The van der Waals surface area contributed by atoms with E-state index in [9.17, 15) is 4.79 Å². The summed E-state index contributed by atoms with van der Waals surface area (Å²) < 4.78 is 6.14. The molecule has 0 aliphatic rings. The lowest BCUT2D eigenvalue weighted by atomic mass is 9.87. The van der Waals surface area contributed by atoms with Crippen molar-refractivity contribution in [2.45, 2.75) is 37.1 Å². The summed E-state index contributed by atoms with van der Waals surface area (Å²) >= 11 is 2.80. The molecule has 0 aliphatic heterocycles. The van der Waals surface area contributed by atoms with Gasteiger partial charge in [0.25, 0.3) is 0 Å². The van der Waals surface area contributed by atoms with Gasteiger partial charge in [0.15, 0.2) is 4.34 Å². The van der Waals surface area contributed by atoms with Gasteiger partial charge < -0.3 is 15.4 Å². The Morgan fingerprint density at radius 3 is 2.60 bits per heavy atom. The normalized spacial score (nSPS) is 11.2. The number of benzene rings is 2. The molecule has 0 saturated carbocycles. The molecule has 6 nitrogen and oxygen atoms in total. The van der Waals surface area contributed by atoms with Crippen LogP contribution in [0.2, 0.25) is 0 Å². The second-order valence-corrected chi connectivity index (χ2v) is 9.91. The quantitative estimate of drug-likeness (QED) is 0.468. The van der Waals surface area contributed by atoms with Crippen LogP contribution in [0.4, 0.5) is 10.8 Å². The first kappa shape index (κ1) is 22.1. The zero-order valence-corrected chi connectivity index (χ0v) is 19.2. The molecule has 3 rings (SSSR count). The maximum Gasteiger partial charge on any atom is 0.234 e. The van der Waals surface area contributed by atoms with Gasteiger partial charge in [0, 0.05) is 6.54 Å². The molecule has 0 aliphatic carbocycles. The molecule has 0 atom stereocenters. The number of nitrogens with zero attached hydrogens (tertiary/aromatic N) is 2. The third-order valence-electron chi connectivity index (χ3n) is 4.36. The topological polar surface area (TPSA) is 76.1 Å². The summed E-state index contributed by atoms with van der Waals surface area (Å²) in [5, 5.41) is 15.2. The Hall–Kier alpha value is -2.58. The van der Waals surface area contributed by atoms with Crippen LogP contribution in [0.25, 0.3) is 0 Å². The molecule has 2 N–H and O–H groups in total. The molecular formula is C22H26N4O2S2. The molecule has 0 spiro atoms. The zero-order valence-electron chi connectivity index (χ0n) is 17.6. The van der Waals surface area contributed by atoms with Gasteiger partial charge in [-0.15, -0.1) is 10.2 Å². The van der Waals surface area contributed by atoms with Gasteiger partial charge >= 0.3 is 0 Å². The molecule has 3 aromatic rings. The minimum absolute atomic E-state index is 0.0177. The van der Waals surface area contributed by atoms with E-state index in [0.29, 0.717) is 18.0 Å². The smallest absolute Gasteiger partial charge is 0.234 e. The number of hydrogen-bond acceptors (Lipinski definition) is 7. The highest BCUT2D eigenvalue weighted by Gasteiger charge is 2.17. The highest BCUT2D eigenvalue weighted by molar-refractivity contribution is 8.01. The Kier molecular flexibility index (Phi) is 7.33. The Labute approximate surface area is 185 Å². The third kappa shape index (κ3) is 6.21. The lowest BCUT2D eigenvalue weighted by Crippen LogP contribution is -2.16. The van der Waals surface area contributed by atoms with Gasteiger partial charge in [0.05, 0.1) is 18.6 Å². The van der Waals surface area contributed by atoms with Crippen LogP contribution in [-0.2, 0) is 16.8 Å². The van der Waals surface area contributed by atoms with Gasteiger partial charge in [-0.25, -0.2) is 0 Å². The molecule has 1 amide bonds. The number of carbonyl (C=O) groups is 1. The lowest BCUT2D eigenvalue weighted by Gasteiger charge is -2.21. The Bertz CT molecular complexity index is 984. The van der Waals surface area contributed by atoms with Crippen molar-refractivity contribution in [3.05, 3.63) is 59.7 Å². The molecular weight excluding hydrogens is 416 g/mol. The average Bonchev–Trinajstić information content (AvgIpc) is 3.19. The van der Waals surface area contributed by atoms with E-state index < -0.39 is 0 Å². The van der Waals surface area contributed by atoms with E-state index in [1.165, 1.54) is 28.7 Å². The summed E-state index contributed by atoms with van der Waals surface area (Å²) in [6, 6.07) is 16.0. The number of hydrogen-bond donors (Lipinski definition) is 2. The van der Waals surface area contributed by atoms with Gasteiger partial charge in [-0.05, 0) is 28.7 Å². The second-order valence-electron chi connectivity index (χ2n) is 7.71. The van der Waals surface area contributed by atoms with E-state index in [-0.39, 0.29) is 17.1 Å². The van der Waals surface area contributed by atoms with Crippen LogP contribution in [0.1, 0.15) is 31.9 Å². The third-order valence-corrected chi connectivity index (χ3v) is 6.37. The van der Waals surface area contributed by atoms with Crippen LogP contribution >= 0.6 is 23.1 Å². The molecule has 8 heteroatoms. The fourth-order valence-corrected chi connectivity index (χ4v) is 4.25. The summed E-state index contributed by atoms with van der Waals surface area (Å²) in [7, 11) is 1.60. The number of thioether (sulfide) groups is 1. The van der Waals surface area contributed by atoms with Crippen molar-refractivity contribution in [3.63, 3.8) is 0 Å². The highest BCUT2D eigenvalue weighted by atomic mass is 32.2. The molecule has 1 aromatic heterocycles. The molecule has 30 heavy (non-hydrogen) atoms. The van der Waals surface area contributed by atoms with Crippen LogP contribution < -0.4 is 15.4 Å². The first-order chi connectivity index (χ1) is 14.3. The van der Waals surface area contributed by atoms with Crippen molar-refractivity contribution in [3.8, 4) is 5.75 Å². The maximum absolute atomic E-state index is 12.5. The van der Waals surface area contributed by atoms with Crippen molar-refractivity contribution in [1.29, 1.82) is 0 Å². The summed E-state index contributed by atoms with van der Waals surface area (Å²) in [5.41, 5.74) is 2.96. The first-order valence-electron chi connectivity index (χ1n) is 9.57. The fraction of sp³-hybridized carbons (Fsp3) is 0.318. The number of nitrogens with one attached hydrogen (secondary N) is 2. The SMILES string of the molecule is COc1ccc(C(C)(C)C)cc1NC(=O)CSc1nnc(NCc2ccccc2)s1. The van der Waals surface area contributed by atoms with Crippen LogP contribution in [0.5, 0.6) is 5.75 Å². The van der Waals surface area contributed by atoms with Crippen LogP contribution in [0.15, 0.2) is 52.9 Å². The number of methoxy groups -OCH3 is 1. The van der Waals surface area contributed by atoms with E-state index in [0.717, 1.165) is 15.0 Å². The Morgan fingerprint density at radius 1 is 1.13 bits per heavy atom. The second kappa shape index (κ2) is 9.95. The predicted molar refractivity (Wildman–Crippen MR) is 125 cm³/mol. The van der Waals surface area contributed by atoms with Crippen LogP contribution in [0.3, 0.4) is 0 Å². The van der Waals surface area contributed by atoms with E-state index in [1.807, 2.05) is 36.4 Å². The Morgan fingerprint density at radius 2 is 1.90 bits per heavy atom. The van der Waals surface area contributed by atoms with Gasteiger partial charge in [-0.3, -0.25) is 4.79 Å². The average molecular weight is 443 g/mol. The van der Waals surface area contributed by atoms with Gasteiger partial charge in [-0.2, -0.15) is 0 Å². The molecule has 2 aromatic carbocycles. The van der Waals surface area contributed by atoms with E-state index >= 15 is 0 Å². The van der Waals surface area contributed by atoms with Crippen molar-refractivity contribution >= 4 is 39.8 Å². The maximum atomic E-state index is 12.5. The fourth-order valence-electron chi connectivity index (χ4n) is 2.70. The number of aromatic nitrogens is 2. The monoisotopic (exact) mass is 442 g/mol.